The van der Waals surface area contributed by atoms with Gasteiger partial charge in [-0.3, -0.25) is 9.59 Å². The van der Waals surface area contributed by atoms with Gasteiger partial charge in [-0.25, -0.2) is 0 Å². The van der Waals surface area contributed by atoms with E-state index >= 15 is 0 Å². The molecular weight excluding hydrogens is 430 g/mol. The van der Waals surface area contributed by atoms with Gasteiger partial charge in [0.1, 0.15) is 0 Å². The van der Waals surface area contributed by atoms with Crippen molar-refractivity contribution in [1.29, 1.82) is 5.26 Å². The molecule has 0 fully saturated rings. The van der Waals surface area contributed by atoms with Crippen molar-refractivity contribution in [2.24, 2.45) is 0 Å². The van der Waals surface area contributed by atoms with Crippen LogP contribution in [-0.2, 0) is 24.3 Å². The number of nitrogens with one attached hydrogen (secondary N) is 1. The Morgan fingerprint density at radius 2 is 1.94 bits per heavy atom. The van der Waals surface area contributed by atoms with Gasteiger partial charge < -0.3 is 10.2 Å². The summed E-state index contributed by atoms with van der Waals surface area (Å²) in [5, 5.41) is 12.1. The fourth-order valence-corrected chi connectivity index (χ4v) is 4.11. The van der Waals surface area contributed by atoms with E-state index in [0.29, 0.717) is 52.7 Å². The molecule has 0 spiro atoms. The number of fused-ring (bicyclic) bond motifs is 1. The number of carbonyl (C=O) groups is 2. The van der Waals surface area contributed by atoms with Crippen molar-refractivity contribution in [3.8, 4) is 6.07 Å². The summed E-state index contributed by atoms with van der Waals surface area (Å²) >= 11 is 11.3. The van der Waals surface area contributed by atoms with Crippen LogP contribution in [0.25, 0.3) is 0 Å². The number of nitrogens with zero attached hydrogens (tertiary/aromatic N) is 2. The van der Waals surface area contributed by atoms with E-state index < -0.39 is 0 Å². The van der Waals surface area contributed by atoms with E-state index in [1.165, 1.54) is 0 Å². The first-order valence-corrected chi connectivity index (χ1v) is 10.5. The maximum atomic E-state index is 13.1. The molecule has 0 bridgehead atoms. The van der Waals surface area contributed by atoms with Crippen molar-refractivity contribution in [2.75, 3.05) is 5.32 Å². The predicted octanol–water partition coefficient (Wildman–Crippen LogP) is 4.67. The van der Waals surface area contributed by atoms with Crippen molar-refractivity contribution in [1.82, 2.24) is 4.90 Å². The molecule has 0 atom stereocenters. The predicted molar refractivity (Wildman–Crippen MR) is 124 cm³/mol. The molecule has 1 aliphatic heterocycles. The highest BCUT2D eigenvalue weighted by Gasteiger charge is 2.31. The second-order valence-electron chi connectivity index (χ2n) is 7.38. The maximum Gasteiger partial charge on any atom is 0.256 e. The van der Waals surface area contributed by atoms with Crippen LogP contribution in [0.5, 0.6) is 0 Å². The van der Waals surface area contributed by atoms with Crippen LogP contribution in [-0.4, -0.2) is 21.6 Å². The molecule has 154 valence electrons. The van der Waals surface area contributed by atoms with Gasteiger partial charge in [0.2, 0.25) is 0 Å². The molecule has 7 heteroatoms. The SMILES string of the molecule is N#CCc1ccc(CN2Cc3cccc(NC(=O)C4=CC(Cl)=CCC4=S)c3C2=O)cc1. The summed E-state index contributed by atoms with van der Waals surface area (Å²) in [4.78, 5) is 28.2. The molecule has 2 aliphatic rings. The Balaban J connectivity index is 1.52. The second kappa shape index (κ2) is 8.84. The minimum Gasteiger partial charge on any atom is -0.330 e. The number of anilines is 1. The molecule has 31 heavy (non-hydrogen) atoms. The van der Waals surface area contributed by atoms with Crippen LogP contribution < -0.4 is 5.32 Å². The number of halogens is 1. The Hall–Kier alpha value is -3.27. The van der Waals surface area contributed by atoms with E-state index in [4.69, 9.17) is 29.1 Å². The summed E-state index contributed by atoms with van der Waals surface area (Å²) in [6, 6.07) is 15.2. The third kappa shape index (κ3) is 4.43. The summed E-state index contributed by atoms with van der Waals surface area (Å²) in [7, 11) is 0. The van der Waals surface area contributed by atoms with Crippen molar-refractivity contribution in [2.45, 2.75) is 25.9 Å². The number of hydrogen-bond acceptors (Lipinski definition) is 4. The van der Waals surface area contributed by atoms with Gasteiger partial charge in [0.25, 0.3) is 11.8 Å². The average Bonchev–Trinajstić information content (AvgIpc) is 3.07. The molecule has 1 aliphatic carbocycles. The van der Waals surface area contributed by atoms with Crippen molar-refractivity contribution >= 4 is 46.2 Å². The summed E-state index contributed by atoms with van der Waals surface area (Å²) < 4.78 is 0. The van der Waals surface area contributed by atoms with Crippen molar-refractivity contribution in [3.63, 3.8) is 0 Å². The molecule has 1 heterocycles. The van der Waals surface area contributed by atoms with Gasteiger partial charge in [0, 0.05) is 29.4 Å². The highest BCUT2D eigenvalue weighted by atomic mass is 35.5. The topological polar surface area (TPSA) is 73.2 Å². The van der Waals surface area contributed by atoms with Crippen LogP contribution in [0.4, 0.5) is 5.69 Å². The van der Waals surface area contributed by atoms with E-state index in [-0.39, 0.29) is 11.8 Å². The number of hydrogen-bond donors (Lipinski definition) is 1. The zero-order valence-corrected chi connectivity index (χ0v) is 18.1. The molecule has 0 unspecified atom stereocenters. The number of allylic oxidation sites excluding steroid dienone is 3. The highest BCUT2D eigenvalue weighted by molar-refractivity contribution is 7.81. The molecular formula is C24H18ClN3O2S. The van der Waals surface area contributed by atoms with Gasteiger partial charge in [0.15, 0.2) is 0 Å². The Morgan fingerprint density at radius 1 is 1.19 bits per heavy atom. The van der Waals surface area contributed by atoms with E-state index in [9.17, 15) is 9.59 Å². The van der Waals surface area contributed by atoms with Crippen molar-refractivity contribution < 1.29 is 9.59 Å². The van der Waals surface area contributed by atoms with E-state index in [0.717, 1.165) is 16.7 Å². The number of carbonyl (C=O) groups excluding carboxylic acids is 2. The third-order valence-corrected chi connectivity index (χ3v) is 5.90. The van der Waals surface area contributed by atoms with E-state index in [1.807, 2.05) is 36.4 Å². The fourth-order valence-electron chi connectivity index (χ4n) is 3.69. The van der Waals surface area contributed by atoms with Crippen LogP contribution in [0.2, 0.25) is 0 Å². The lowest BCUT2D eigenvalue weighted by molar-refractivity contribution is -0.112. The highest BCUT2D eigenvalue weighted by Crippen LogP contribution is 2.31. The number of thiocarbonyl (C=S) groups is 1. The lowest BCUT2D eigenvalue weighted by Gasteiger charge is -2.16. The van der Waals surface area contributed by atoms with Crippen molar-refractivity contribution in [3.05, 3.63) is 87.5 Å². The quantitative estimate of drug-likeness (QED) is 0.676. The van der Waals surface area contributed by atoms with Crippen LogP contribution in [0.3, 0.4) is 0 Å². The first kappa shape index (κ1) is 21.0. The van der Waals surface area contributed by atoms with Gasteiger partial charge in [0.05, 0.1) is 29.3 Å². The number of benzene rings is 2. The lowest BCUT2D eigenvalue weighted by Crippen LogP contribution is -2.25. The van der Waals surface area contributed by atoms with Gasteiger partial charge in [-0.2, -0.15) is 5.26 Å². The molecule has 1 N–H and O–H groups in total. The Morgan fingerprint density at radius 3 is 2.68 bits per heavy atom. The molecule has 0 saturated heterocycles. The zero-order valence-electron chi connectivity index (χ0n) is 16.5. The summed E-state index contributed by atoms with van der Waals surface area (Å²) in [6.07, 6.45) is 4.11. The van der Waals surface area contributed by atoms with Gasteiger partial charge in [-0.05, 0) is 28.8 Å². The standard InChI is InChI=1S/C24H18ClN3O2S/c25-18-8-9-21(31)19(12-18)23(29)27-20-3-1-2-17-14-28(24(30)22(17)20)13-16-6-4-15(5-7-16)10-11-26/h1-8,12H,9-10,13-14H2,(H,27,29). The lowest BCUT2D eigenvalue weighted by atomic mass is 10.0. The molecule has 2 amide bonds. The average molecular weight is 448 g/mol. The summed E-state index contributed by atoms with van der Waals surface area (Å²) in [5.41, 5.74) is 4.10. The molecule has 0 radical (unpaired) electrons. The van der Waals surface area contributed by atoms with E-state index in [1.54, 1.807) is 23.1 Å². The largest absolute Gasteiger partial charge is 0.330 e. The maximum absolute atomic E-state index is 13.1. The minimum atomic E-state index is -0.371. The fraction of sp³-hybridized carbons (Fsp3) is 0.167. The molecule has 0 saturated carbocycles. The van der Waals surface area contributed by atoms with Crippen LogP contribution in [0, 0.1) is 11.3 Å². The van der Waals surface area contributed by atoms with Gasteiger partial charge in [-0.15, -0.1) is 0 Å². The van der Waals surface area contributed by atoms with Gasteiger partial charge in [-0.1, -0.05) is 66.3 Å². The smallest absolute Gasteiger partial charge is 0.256 e. The van der Waals surface area contributed by atoms with Crippen LogP contribution >= 0.6 is 23.8 Å². The molecule has 2 aromatic carbocycles. The van der Waals surface area contributed by atoms with Crippen LogP contribution in [0.1, 0.15) is 33.5 Å². The van der Waals surface area contributed by atoms with Gasteiger partial charge >= 0.3 is 0 Å². The Kier molecular flexibility index (Phi) is 5.99. The molecule has 5 nitrogen and oxygen atoms in total. The molecule has 4 rings (SSSR count). The monoisotopic (exact) mass is 447 g/mol. The first-order valence-electron chi connectivity index (χ1n) is 9.74. The minimum absolute atomic E-state index is 0.134. The number of nitriles is 1. The molecule has 0 aromatic heterocycles. The summed E-state index contributed by atoms with van der Waals surface area (Å²) in [5.74, 6) is -0.505. The third-order valence-electron chi connectivity index (χ3n) is 5.25. The molecule has 2 aromatic rings. The van der Waals surface area contributed by atoms with Crippen LogP contribution in [0.15, 0.2) is 65.2 Å². The normalized spacial score (nSPS) is 15.2. The number of rotatable bonds is 5. The first-order chi connectivity index (χ1) is 15.0. The Bertz CT molecular complexity index is 1190. The zero-order chi connectivity index (χ0) is 22.0. The Labute approximate surface area is 190 Å². The second-order valence-corrected chi connectivity index (χ2v) is 8.31. The number of amides is 2. The summed E-state index contributed by atoms with van der Waals surface area (Å²) in [6.45, 7) is 0.914. The van der Waals surface area contributed by atoms with E-state index in [2.05, 4.69) is 11.4 Å².